The zero-order valence-electron chi connectivity index (χ0n) is 10.0. The van der Waals surface area contributed by atoms with Gasteiger partial charge in [-0.3, -0.25) is 11.3 Å². The molecule has 1 unspecified atom stereocenters. The molecule has 18 heavy (non-hydrogen) atoms. The number of anilines is 1. The Hall–Kier alpha value is -1.53. The van der Waals surface area contributed by atoms with Crippen LogP contribution >= 0.6 is 0 Å². The number of benzene rings is 1. The van der Waals surface area contributed by atoms with Crippen LogP contribution in [0.15, 0.2) is 30.4 Å². The van der Waals surface area contributed by atoms with Crippen LogP contribution < -0.4 is 17.0 Å². The van der Waals surface area contributed by atoms with Crippen LogP contribution in [0.4, 0.5) is 18.9 Å². The van der Waals surface area contributed by atoms with Gasteiger partial charge in [-0.2, -0.15) is 13.2 Å². The van der Waals surface area contributed by atoms with Gasteiger partial charge < -0.3 is 5.73 Å². The fourth-order valence-corrected chi connectivity index (χ4v) is 1.66. The average Bonchev–Trinajstić information content (AvgIpc) is 2.25. The van der Waals surface area contributed by atoms with Crippen LogP contribution in [-0.4, -0.2) is 0 Å². The molecule has 1 aromatic rings. The second-order valence-corrected chi connectivity index (χ2v) is 4.22. The van der Waals surface area contributed by atoms with Gasteiger partial charge in [0.05, 0.1) is 11.6 Å². The van der Waals surface area contributed by atoms with E-state index in [0.717, 1.165) is 17.7 Å². The predicted octanol–water partition coefficient (Wildman–Crippen LogP) is 2.76. The highest BCUT2D eigenvalue weighted by Gasteiger charge is 2.31. The Morgan fingerprint density at radius 3 is 2.50 bits per heavy atom. The first-order valence-electron chi connectivity index (χ1n) is 5.33. The summed E-state index contributed by atoms with van der Waals surface area (Å²) in [5.41, 5.74) is 8.81. The van der Waals surface area contributed by atoms with E-state index in [1.807, 2.05) is 0 Å². The van der Waals surface area contributed by atoms with Crippen molar-refractivity contribution in [2.24, 2.45) is 5.84 Å². The van der Waals surface area contributed by atoms with E-state index in [1.54, 1.807) is 6.92 Å². The molecular formula is C12H16F3N3. The van der Waals surface area contributed by atoms with E-state index in [-0.39, 0.29) is 5.69 Å². The van der Waals surface area contributed by atoms with Crippen LogP contribution in [0, 0.1) is 0 Å². The highest BCUT2D eigenvalue weighted by atomic mass is 19.4. The third kappa shape index (κ3) is 3.48. The molecule has 0 aliphatic rings. The molecule has 0 heterocycles. The summed E-state index contributed by atoms with van der Waals surface area (Å²) in [5, 5.41) is 0. The van der Waals surface area contributed by atoms with E-state index in [0.29, 0.717) is 12.0 Å². The molecule has 5 N–H and O–H groups in total. The first-order valence-corrected chi connectivity index (χ1v) is 5.33. The van der Waals surface area contributed by atoms with Crippen molar-refractivity contribution in [3.63, 3.8) is 0 Å². The van der Waals surface area contributed by atoms with E-state index in [1.165, 1.54) is 6.07 Å². The summed E-state index contributed by atoms with van der Waals surface area (Å²) in [6.45, 7) is 5.48. The Morgan fingerprint density at radius 2 is 2.06 bits per heavy atom. The summed E-state index contributed by atoms with van der Waals surface area (Å²) in [6.07, 6.45) is -3.98. The van der Waals surface area contributed by atoms with Gasteiger partial charge in [-0.1, -0.05) is 5.57 Å². The molecule has 1 rings (SSSR count). The molecule has 0 saturated heterocycles. The lowest BCUT2D eigenvalue weighted by atomic mass is 9.97. The monoisotopic (exact) mass is 259 g/mol. The highest BCUT2D eigenvalue weighted by molar-refractivity contribution is 5.51. The second kappa shape index (κ2) is 5.41. The Bertz CT molecular complexity index is 441. The van der Waals surface area contributed by atoms with Crippen molar-refractivity contribution < 1.29 is 13.2 Å². The van der Waals surface area contributed by atoms with Crippen molar-refractivity contribution in [2.75, 3.05) is 5.73 Å². The molecular weight excluding hydrogens is 243 g/mol. The zero-order valence-corrected chi connectivity index (χ0v) is 10.0. The lowest BCUT2D eigenvalue weighted by molar-refractivity contribution is -0.137. The van der Waals surface area contributed by atoms with Crippen molar-refractivity contribution in [2.45, 2.75) is 25.6 Å². The molecule has 3 nitrogen and oxygen atoms in total. The fraction of sp³-hybridized carbons (Fsp3) is 0.333. The van der Waals surface area contributed by atoms with Gasteiger partial charge in [0.15, 0.2) is 0 Å². The normalized spacial score (nSPS) is 13.4. The lowest BCUT2D eigenvalue weighted by Gasteiger charge is -2.20. The SMILES string of the molecule is C=C(C)CC(NN)c1cc(C(F)(F)F)ccc1N. The Morgan fingerprint density at radius 1 is 1.44 bits per heavy atom. The summed E-state index contributed by atoms with van der Waals surface area (Å²) < 4.78 is 37.9. The minimum absolute atomic E-state index is 0.271. The van der Waals surface area contributed by atoms with Crippen molar-refractivity contribution in [1.82, 2.24) is 5.43 Å². The summed E-state index contributed by atoms with van der Waals surface area (Å²) in [7, 11) is 0. The van der Waals surface area contributed by atoms with E-state index in [4.69, 9.17) is 11.6 Å². The molecule has 0 aromatic heterocycles. The third-order valence-corrected chi connectivity index (χ3v) is 2.54. The summed E-state index contributed by atoms with van der Waals surface area (Å²) in [5.74, 6) is 5.35. The Kier molecular flexibility index (Phi) is 4.37. The number of nitrogen functional groups attached to an aromatic ring is 1. The molecule has 0 amide bonds. The molecule has 0 saturated carbocycles. The lowest BCUT2D eigenvalue weighted by Crippen LogP contribution is -2.29. The highest BCUT2D eigenvalue weighted by Crippen LogP contribution is 2.34. The van der Waals surface area contributed by atoms with Gasteiger partial charge in [-0.05, 0) is 37.1 Å². The number of halogens is 3. The van der Waals surface area contributed by atoms with Crippen molar-refractivity contribution in [1.29, 1.82) is 0 Å². The Balaban J connectivity index is 3.17. The number of rotatable bonds is 4. The molecule has 0 aliphatic carbocycles. The first-order chi connectivity index (χ1) is 8.25. The number of alkyl halides is 3. The Labute approximate surface area is 104 Å². The summed E-state index contributed by atoms with van der Waals surface area (Å²) >= 11 is 0. The number of hydrogen-bond acceptors (Lipinski definition) is 3. The molecule has 0 aliphatic heterocycles. The van der Waals surface area contributed by atoms with Gasteiger partial charge in [0.2, 0.25) is 0 Å². The smallest absolute Gasteiger partial charge is 0.398 e. The molecule has 6 heteroatoms. The van der Waals surface area contributed by atoms with Gasteiger partial charge in [-0.15, -0.1) is 6.58 Å². The van der Waals surface area contributed by atoms with Crippen molar-refractivity contribution in [3.8, 4) is 0 Å². The standard InChI is InChI=1S/C12H16F3N3/c1-7(2)5-11(18-17)9-6-8(12(13,14)15)3-4-10(9)16/h3-4,6,11,18H,1,5,16-17H2,2H3. The number of nitrogens with one attached hydrogen (secondary N) is 1. The number of nitrogens with two attached hydrogens (primary N) is 2. The van der Waals surface area contributed by atoms with Crippen molar-refractivity contribution in [3.05, 3.63) is 41.5 Å². The maximum absolute atomic E-state index is 12.6. The molecule has 1 aromatic carbocycles. The third-order valence-electron chi connectivity index (χ3n) is 2.54. The summed E-state index contributed by atoms with van der Waals surface area (Å²) in [4.78, 5) is 0. The second-order valence-electron chi connectivity index (χ2n) is 4.22. The van der Waals surface area contributed by atoms with Crippen LogP contribution in [0.25, 0.3) is 0 Å². The minimum Gasteiger partial charge on any atom is -0.398 e. The topological polar surface area (TPSA) is 64.1 Å². The van der Waals surface area contributed by atoms with Gasteiger partial charge >= 0.3 is 6.18 Å². The quantitative estimate of drug-likeness (QED) is 0.337. The van der Waals surface area contributed by atoms with Crippen LogP contribution in [0.2, 0.25) is 0 Å². The van der Waals surface area contributed by atoms with Gasteiger partial charge in [0, 0.05) is 5.69 Å². The maximum atomic E-state index is 12.6. The minimum atomic E-state index is -4.40. The zero-order chi connectivity index (χ0) is 13.9. The van der Waals surface area contributed by atoms with E-state index in [2.05, 4.69) is 12.0 Å². The first kappa shape index (κ1) is 14.5. The number of hydrogen-bond donors (Lipinski definition) is 3. The van der Waals surface area contributed by atoms with Gasteiger partial charge in [0.25, 0.3) is 0 Å². The molecule has 100 valence electrons. The van der Waals surface area contributed by atoms with Crippen molar-refractivity contribution >= 4 is 5.69 Å². The molecule has 0 fully saturated rings. The van der Waals surface area contributed by atoms with Gasteiger partial charge in [-0.25, -0.2) is 0 Å². The predicted molar refractivity (Wildman–Crippen MR) is 65.4 cm³/mol. The maximum Gasteiger partial charge on any atom is 0.416 e. The molecule has 0 bridgehead atoms. The van der Waals surface area contributed by atoms with E-state index < -0.39 is 17.8 Å². The van der Waals surface area contributed by atoms with Crippen LogP contribution in [-0.2, 0) is 6.18 Å². The molecule has 0 spiro atoms. The van der Waals surface area contributed by atoms with Crippen LogP contribution in [0.3, 0.4) is 0 Å². The summed E-state index contributed by atoms with van der Waals surface area (Å²) in [6, 6.07) is 2.72. The fourth-order valence-electron chi connectivity index (χ4n) is 1.66. The van der Waals surface area contributed by atoms with E-state index >= 15 is 0 Å². The average molecular weight is 259 g/mol. The molecule has 1 atom stereocenters. The van der Waals surface area contributed by atoms with Gasteiger partial charge in [0.1, 0.15) is 0 Å². The van der Waals surface area contributed by atoms with Crippen LogP contribution in [0.5, 0.6) is 0 Å². The largest absolute Gasteiger partial charge is 0.416 e. The molecule has 0 radical (unpaired) electrons. The number of hydrazine groups is 1. The van der Waals surface area contributed by atoms with Crippen LogP contribution in [0.1, 0.15) is 30.5 Å². The van der Waals surface area contributed by atoms with E-state index in [9.17, 15) is 13.2 Å².